The lowest BCUT2D eigenvalue weighted by atomic mass is 9.95. The van der Waals surface area contributed by atoms with Gasteiger partial charge in [-0.1, -0.05) is 152 Å². The number of benzene rings is 7. The number of hydrogen-bond acceptors (Lipinski definition) is 2. The highest BCUT2D eigenvalue weighted by Crippen LogP contribution is 2.41. The summed E-state index contributed by atoms with van der Waals surface area (Å²) in [6, 6.07) is 61.4. The Kier molecular flexibility index (Phi) is 8.37. The predicted molar refractivity (Wildman–Crippen MR) is 209 cm³/mol. The number of thiophene rings is 1. The van der Waals surface area contributed by atoms with Gasteiger partial charge in [0.1, 0.15) is 5.84 Å². The van der Waals surface area contributed by atoms with Crippen LogP contribution in [0.5, 0.6) is 0 Å². The van der Waals surface area contributed by atoms with Crippen molar-refractivity contribution in [2.45, 2.75) is 6.54 Å². The van der Waals surface area contributed by atoms with Crippen LogP contribution in [0.2, 0.25) is 0 Å². The largest absolute Gasteiger partial charge is 0.383 e. The molecular weight excluding hydrogens is 615 g/mol. The topological polar surface area (TPSA) is 50.7 Å². The molecule has 0 aliphatic rings. The Labute approximate surface area is 290 Å². The molecule has 2 N–H and O–H groups in total. The van der Waals surface area contributed by atoms with Crippen LogP contribution in [-0.2, 0) is 6.54 Å². The second kappa shape index (κ2) is 13.6. The normalized spacial score (nSPS) is 12.1. The van der Waals surface area contributed by atoms with Gasteiger partial charge < -0.3 is 5.73 Å². The highest BCUT2D eigenvalue weighted by molar-refractivity contribution is 7.26. The number of aliphatic imine (C=N–C) groups is 2. The Balaban J connectivity index is 1.16. The maximum atomic E-state index is 6.74. The minimum absolute atomic E-state index is 0.432. The van der Waals surface area contributed by atoms with Crippen LogP contribution in [0, 0.1) is 0 Å². The molecule has 0 bridgehead atoms. The fourth-order valence-corrected chi connectivity index (χ4v) is 7.40. The fourth-order valence-electron chi connectivity index (χ4n) is 6.29. The number of nitrogens with zero attached hydrogens (tertiary/aromatic N) is 2. The lowest BCUT2D eigenvalue weighted by Gasteiger charge is -2.09. The summed E-state index contributed by atoms with van der Waals surface area (Å²) in [7, 11) is 0. The lowest BCUT2D eigenvalue weighted by Crippen LogP contribution is -2.16. The quantitative estimate of drug-likeness (QED) is 0.136. The molecule has 3 nitrogen and oxygen atoms in total. The summed E-state index contributed by atoms with van der Waals surface area (Å²) >= 11 is 1.83. The Bertz CT molecular complexity index is 2440. The summed E-state index contributed by atoms with van der Waals surface area (Å²) in [5, 5.41) is 2.51. The second-order valence-electron chi connectivity index (χ2n) is 12.0. The number of rotatable bonds is 7. The van der Waals surface area contributed by atoms with Crippen molar-refractivity contribution < 1.29 is 0 Å². The number of amidine groups is 2. The Morgan fingerprint density at radius 3 is 1.84 bits per heavy atom. The van der Waals surface area contributed by atoms with E-state index in [-0.39, 0.29) is 0 Å². The molecule has 0 saturated carbocycles. The van der Waals surface area contributed by atoms with Crippen LogP contribution in [0.25, 0.3) is 53.6 Å². The molecule has 1 aromatic heterocycles. The number of hydrogen-bond donors (Lipinski definition) is 1. The molecule has 7 aromatic carbocycles. The Morgan fingerprint density at radius 2 is 1.08 bits per heavy atom. The van der Waals surface area contributed by atoms with Crippen LogP contribution in [0.15, 0.2) is 186 Å². The molecule has 0 atom stereocenters. The van der Waals surface area contributed by atoms with E-state index in [9.17, 15) is 0 Å². The third-order valence-corrected chi connectivity index (χ3v) is 9.94. The molecule has 4 heteroatoms. The zero-order valence-corrected chi connectivity index (χ0v) is 27.6. The summed E-state index contributed by atoms with van der Waals surface area (Å²) in [4.78, 5) is 9.77. The van der Waals surface area contributed by atoms with Gasteiger partial charge in [-0.15, -0.1) is 11.3 Å². The first kappa shape index (κ1) is 30.2. The summed E-state index contributed by atoms with van der Waals surface area (Å²) in [5.41, 5.74) is 16.8. The zero-order valence-electron chi connectivity index (χ0n) is 26.8. The van der Waals surface area contributed by atoms with Crippen LogP contribution in [0.4, 0.5) is 0 Å². The van der Waals surface area contributed by atoms with Crippen molar-refractivity contribution in [3.8, 4) is 33.4 Å². The molecule has 234 valence electrons. The van der Waals surface area contributed by atoms with Crippen molar-refractivity contribution in [1.82, 2.24) is 0 Å². The standard InChI is InChI=1S/C45H33N3S/c46-44(48-45(35-16-8-3-9-17-35)47-30-31-12-4-1-5-13-31)38-19-10-18-37(28-38)39-20-11-21-42-43(39)40-29-36(26-27-41(40)49-42)34-24-22-33(23-25-34)32-14-6-2-7-15-32/h1-29H,30H2,(H2,46,47,48). The summed E-state index contributed by atoms with van der Waals surface area (Å²) in [6.45, 7) is 0.522. The van der Waals surface area contributed by atoms with Gasteiger partial charge in [-0.05, 0) is 63.2 Å². The first-order valence-corrected chi connectivity index (χ1v) is 17.2. The van der Waals surface area contributed by atoms with Crippen molar-refractivity contribution >= 4 is 43.2 Å². The molecule has 0 amide bonds. The van der Waals surface area contributed by atoms with Gasteiger partial charge >= 0.3 is 0 Å². The average molecular weight is 648 g/mol. The van der Waals surface area contributed by atoms with Crippen LogP contribution in [-0.4, -0.2) is 11.7 Å². The maximum Gasteiger partial charge on any atom is 0.157 e. The van der Waals surface area contributed by atoms with Gasteiger partial charge in [-0.25, -0.2) is 4.99 Å². The highest BCUT2D eigenvalue weighted by atomic mass is 32.1. The first-order valence-electron chi connectivity index (χ1n) is 16.4. The summed E-state index contributed by atoms with van der Waals surface area (Å²) < 4.78 is 2.53. The van der Waals surface area contributed by atoms with E-state index in [1.165, 1.54) is 48.0 Å². The molecular formula is C45H33N3S. The highest BCUT2D eigenvalue weighted by Gasteiger charge is 2.14. The van der Waals surface area contributed by atoms with Crippen LogP contribution >= 0.6 is 11.3 Å². The average Bonchev–Trinajstić information content (AvgIpc) is 3.56. The van der Waals surface area contributed by atoms with E-state index in [1.54, 1.807) is 0 Å². The molecule has 0 fully saturated rings. The Hall–Kier alpha value is -6.10. The molecule has 0 saturated heterocycles. The summed E-state index contributed by atoms with van der Waals surface area (Å²) in [6.07, 6.45) is 0. The Morgan fingerprint density at radius 1 is 0.490 bits per heavy atom. The van der Waals surface area contributed by atoms with Crippen molar-refractivity contribution in [2.24, 2.45) is 15.7 Å². The van der Waals surface area contributed by atoms with Gasteiger partial charge in [0.2, 0.25) is 0 Å². The van der Waals surface area contributed by atoms with Crippen molar-refractivity contribution in [3.63, 3.8) is 0 Å². The molecule has 0 unspecified atom stereocenters. The van der Waals surface area contributed by atoms with Gasteiger partial charge in [0.25, 0.3) is 0 Å². The lowest BCUT2D eigenvalue weighted by molar-refractivity contribution is 1.06. The zero-order chi connectivity index (χ0) is 33.0. The SMILES string of the molecule is NC(=NC(=NCc1ccccc1)c1ccccc1)c1cccc(-c2cccc3sc4ccc(-c5ccc(-c6ccccc6)cc5)cc4c23)c1. The van der Waals surface area contributed by atoms with E-state index in [0.717, 1.165) is 22.3 Å². The van der Waals surface area contributed by atoms with Crippen LogP contribution in [0.1, 0.15) is 16.7 Å². The van der Waals surface area contributed by atoms with Crippen molar-refractivity contribution in [1.29, 1.82) is 0 Å². The predicted octanol–water partition coefficient (Wildman–Crippen LogP) is 11.4. The van der Waals surface area contributed by atoms with E-state index in [4.69, 9.17) is 15.7 Å². The second-order valence-corrected chi connectivity index (χ2v) is 13.1. The van der Waals surface area contributed by atoms with Crippen molar-refractivity contribution in [3.05, 3.63) is 193 Å². The van der Waals surface area contributed by atoms with Crippen LogP contribution in [0.3, 0.4) is 0 Å². The van der Waals surface area contributed by atoms with E-state index < -0.39 is 0 Å². The molecule has 1 heterocycles. The van der Waals surface area contributed by atoms with E-state index >= 15 is 0 Å². The summed E-state index contributed by atoms with van der Waals surface area (Å²) in [5.74, 6) is 1.05. The van der Waals surface area contributed by atoms with Gasteiger partial charge in [-0.2, -0.15) is 0 Å². The molecule has 49 heavy (non-hydrogen) atoms. The van der Waals surface area contributed by atoms with E-state index in [2.05, 4.69) is 121 Å². The van der Waals surface area contributed by atoms with E-state index in [1.807, 2.05) is 65.9 Å². The van der Waals surface area contributed by atoms with Crippen LogP contribution < -0.4 is 5.73 Å². The maximum absolute atomic E-state index is 6.74. The minimum atomic E-state index is 0.432. The molecule has 0 aliphatic carbocycles. The number of fused-ring (bicyclic) bond motifs is 3. The van der Waals surface area contributed by atoms with Gasteiger partial charge in [0.15, 0.2) is 5.84 Å². The fraction of sp³-hybridized carbons (Fsp3) is 0.0222. The molecule has 8 aromatic rings. The van der Waals surface area contributed by atoms with E-state index in [0.29, 0.717) is 18.2 Å². The smallest absolute Gasteiger partial charge is 0.157 e. The van der Waals surface area contributed by atoms with Gasteiger partial charge in [0.05, 0.1) is 6.54 Å². The minimum Gasteiger partial charge on any atom is -0.383 e. The van der Waals surface area contributed by atoms with Crippen molar-refractivity contribution in [2.75, 3.05) is 0 Å². The molecule has 0 radical (unpaired) electrons. The van der Waals surface area contributed by atoms with Gasteiger partial charge in [-0.3, -0.25) is 4.99 Å². The van der Waals surface area contributed by atoms with Gasteiger partial charge in [0, 0.05) is 31.3 Å². The number of nitrogens with two attached hydrogens (primary N) is 1. The first-order chi connectivity index (χ1) is 24.2. The molecule has 0 aliphatic heterocycles. The third kappa shape index (κ3) is 6.42. The molecule has 8 rings (SSSR count). The monoisotopic (exact) mass is 647 g/mol. The third-order valence-electron chi connectivity index (χ3n) is 8.80. The molecule has 0 spiro atoms.